The average Bonchev–Trinajstić information content (AvgIpc) is 2.85. The van der Waals surface area contributed by atoms with Gasteiger partial charge in [-0.05, 0) is 24.3 Å². The van der Waals surface area contributed by atoms with Crippen LogP contribution in [-0.2, 0) is 0 Å². The number of carbonyl (C=O) groups is 1. The highest BCUT2D eigenvalue weighted by Crippen LogP contribution is 2.34. The van der Waals surface area contributed by atoms with Crippen LogP contribution in [0.25, 0.3) is 0 Å². The van der Waals surface area contributed by atoms with Gasteiger partial charge in [0.05, 0.1) is 5.56 Å². The van der Waals surface area contributed by atoms with Crippen LogP contribution >= 0.6 is 0 Å². The van der Waals surface area contributed by atoms with Crippen molar-refractivity contribution in [2.45, 2.75) is 0 Å². The van der Waals surface area contributed by atoms with Gasteiger partial charge in [-0.3, -0.25) is 4.79 Å². The minimum Gasteiger partial charge on any atom is -0.508 e. The fourth-order valence-corrected chi connectivity index (χ4v) is 1.86. The van der Waals surface area contributed by atoms with Crippen LogP contribution < -0.4 is 14.8 Å². The van der Waals surface area contributed by atoms with Gasteiger partial charge in [0.2, 0.25) is 6.79 Å². The molecule has 0 spiro atoms. The molecule has 0 radical (unpaired) electrons. The minimum absolute atomic E-state index is 0.138. The zero-order chi connectivity index (χ0) is 14.1. The number of benzene rings is 2. The zero-order valence-corrected chi connectivity index (χ0v) is 10.2. The number of carbonyl (C=O) groups excluding carboxylic acids is 1. The van der Waals surface area contributed by atoms with Crippen molar-refractivity contribution >= 4 is 11.6 Å². The first kappa shape index (κ1) is 12.3. The fraction of sp³-hybridized carbons (Fsp3) is 0.0714. The number of hydrogen-bond donors (Lipinski definition) is 2. The molecule has 0 bridgehead atoms. The summed E-state index contributed by atoms with van der Waals surface area (Å²) in [4.78, 5) is 11.9. The van der Waals surface area contributed by atoms with Crippen LogP contribution in [0.15, 0.2) is 36.4 Å². The molecule has 0 saturated heterocycles. The summed E-state index contributed by atoms with van der Waals surface area (Å²) in [6.07, 6.45) is 0. The van der Waals surface area contributed by atoms with E-state index in [0.717, 1.165) is 6.07 Å². The lowest BCUT2D eigenvalue weighted by molar-refractivity contribution is 0.102. The predicted molar refractivity (Wildman–Crippen MR) is 68.6 cm³/mol. The van der Waals surface area contributed by atoms with Crippen LogP contribution in [0.3, 0.4) is 0 Å². The Kier molecular flexibility index (Phi) is 2.90. The SMILES string of the molecule is O=C(Nc1ccc2c(c1)OCO2)c1ccc(O)cc1F. The second-order valence-corrected chi connectivity index (χ2v) is 4.19. The van der Waals surface area contributed by atoms with Crippen molar-refractivity contribution in [3.8, 4) is 17.2 Å². The molecule has 1 aliphatic heterocycles. The average molecular weight is 275 g/mol. The zero-order valence-electron chi connectivity index (χ0n) is 10.2. The Bertz CT molecular complexity index is 687. The molecule has 102 valence electrons. The van der Waals surface area contributed by atoms with E-state index >= 15 is 0 Å². The number of ether oxygens (including phenoxy) is 2. The first-order valence-corrected chi connectivity index (χ1v) is 5.83. The first-order chi connectivity index (χ1) is 9.63. The van der Waals surface area contributed by atoms with Crippen LogP contribution in [0.2, 0.25) is 0 Å². The van der Waals surface area contributed by atoms with Crippen molar-refractivity contribution in [2.24, 2.45) is 0 Å². The van der Waals surface area contributed by atoms with E-state index in [-0.39, 0.29) is 18.1 Å². The van der Waals surface area contributed by atoms with Crippen molar-refractivity contribution in [1.82, 2.24) is 0 Å². The number of nitrogens with one attached hydrogen (secondary N) is 1. The van der Waals surface area contributed by atoms with Crippen molar-refractivity contribution in [3.63, 3.8) is 0 Å². The van der Waals surface area contributed by atoms with Gasteiger partial charge in [-0.25, -0.2) is 4.39 Å². The van der Waals surface area contributed by atoms with Gasteiger partial charge in [-0.2, -0.15) is 0 Å². The number of amides is 1. The van der Waals surface area contributed by atoms with Crippen molar-refractivity contribution < 1.29 is 23.8 Å². The third-order valence-corrected chi connectivity index (χ3v) is 2.83. The Labute approximate surface area is 113 Å². The summed E-state index contributed by atoms with van der Waals surface area (Å²) in [6, 6.07) is 8.23. The van der Waals surface area contributed by atoms with Crippen LogP contribution in [-0.4, -0.2) is 17.8 Å². The van der Waals surface area contributed by atoms with Gasteiger partial charge in [0.1, 0.15) is 11.6 Å². The van der Waals surface area contributed by atoms with Crippen molar-refractivity contribution in [1.29, 1.82) is 0 Å². The lowest BCUT2D eigenvalue weighted by atomic mass is 10.2. The van der Waals surface area contributed by atoms with E-state index in [1.165, 1.54) is 12.1 Å². The number of rotatable bonds is 2. The number of phenolic OH excluding ortho intramolecular Hbond substituents is 1. The summed E-state index contributed by atoms with van der Waals surface area (Å²) in [5.74, 6) is -0.514. The highest BCUT2D eigenvalue weighted by molar-refractivity contribution is 6.04. The third-order valence-electron chi connectivity index (χ3n) is 2.83. The number of halogens is 1. The Morgan fingerprint density at radius 1 is 1.15 bits per heavy atom. The van der Waals surface area contributed by atoms with E-state index in [0.29, 0.717) is 17.2 Å². The van der Waals surface area contributed by atoms with E-state index in [1.54, 1.807) is 18.2 Å². The summed E-state index contributed by atoms with van der Waals surface area (Å²) in [5, 5.41) is 11.7. The van der Waals surface area contributed by atoms with Gasteiger partial charge in [-0.15, -0.1) is 0 Å². The lowest BCUT2D eigenvalue weighted by Gasteiger charge is -2.07. The second-order valence-electron chi connectivity index (χ2n) is 4.19. The van der Waals surface area contributed by atoms with Gasteiger partial charge in [-0.1, -0.05) is 0 Å². The van der Waals surface area contributed by atoms with Crippen LogP contribution in [0, 0.1) is 5.82 Å². The van der Waals surface area contributed by atoms with E-state index in [9.17, 15) is 9.18 Å². The lowest BCUT2D eigenvalue weighted by Crippen LogP contribution is -2.13. The van der Waals surface area contributed by atoms with Crippen LogP contribution in [0.1, 0.15) is 10.4 Å². The summed E-state index contributed by atoms with van der Waals surface area (Å²) >= 11 is 0. The predicted octanol–water partition coefficient (Wildman–Crippen LogP) is 2.51. The smallest absolute Gasteiger partial charge is 0.258 e. The van der Waals surface area contributed by atoms with Gasteiger partial charge < -0.3 is 19.9 Å². The summed E-state index contributed by atoms with van der Waals surface area (Å²) < 4.78 is 23.9. The first-order valence-electron chi connectivity index (χ1n) is 5.83. The Morgan fingerprint density at radius 3 is 2.75 bits per heavy atom. The van der Waals surface area contributed by atoms with E-state index in [2.05, 4.69) is 5.32 Å². The molecule has 0 atom stereocenters. The number of fused-ring (bicyclic) bond motifs is 1. The minimum atomic E-state index is -0.789. The molecule has 2 aromatic rings. The molecule has 2 N–H and O–H groups in total. The van der Waals surface area contributed by atoms with E-state index in [4.69, 9.17) is 14.6 Å². The molecular formula is C14H10FNO4. The summed E-state index contributed by atoms with van der Waals surface area (Å²) in [5.41, 5.74) is 0.312. The summed E-state index contributed by atoms with van der Waals surface area (Å²) in [7, 11) is 0. The Morgan fingerprint density at radius 2 is 1.95 bits per heavy atom. The second kappa shape index (κ2) is 4.73. The number of phenols is 1. The van der Waals surface area contributed by atoms with Crippen molar-refractivity contribution in [3.05, 3.63) is 47.8 Å². The summed E-state index contributed by atoms with van der Waals surface area (Å²) in [6.45, 7) is 0.138. The highest BCUT2D eigenvalue weighted by Gasteiger charge is 2.16. The van der Waals surface area contributed by atoms with E-state index < -0.39 is 11.7 Å². The standard InChI is InChI=1S/C14H10FNO4/c15-11-6-9(17)2-3-10(11)14(18)16-8-1-4-12-13(5-8)20-7-19-12/h1-6,17H,7H2,(H,16,18). The molecule has 0 saturated carbocycles. The molecule has 0 unspecified atom stereocenters. The maximum absolute atomic E-state index is 13.6. The molecular weight excluding hydrogens is 265 g/mol. The largest absolute Gasteiger partial charge is 0.508 e. The van der Waals surface area contributed by atoms with Crippen molar-refractivity contribution in [2.75, 3.05) is 12.1 Å². The molecule has 2 aromatic carbocycles. The normalized spacial score (nSPS) is 12.2. The molecule has 3 rings (SSSR count). The molecule has 1 amide bonds. The fourth-order valence-electron chi connectivity index (χ4n) is 1.86. The van der Waals surface area contributed by atoms with Crippen LogP contribution in [0.4, 0.5) is 10.1 Å². The van der Waals surface area contributed by atoms with Crippen LogP contribution in [0.5, 0.6) is 17.2 Å². The van der Waals surface area contributed by atoms with Gasteiger partial charge in [0.15, 0.2) is 11.5 Å². The quantitative estimate of drug-likeness (QED) is 0.883. The molecule has 20 heavy (non-hydrogen) atoms. The van der Waals surface area contributed by atoms with Gasteiger partial charge in [0.25, 0.3) is 5.91 Å². The topological polar surface area (TPSA) is 67.8 Å². The van der Waals surface area contributed by atoms with E-state index in [1.807, 2.05) is 0 Å². The maximum atomic E-state index is 13.6. The molecule has 0 fully saturated rings. The van der Waals surface area contributed by atoms with Gasteiger partial charge >= 0.3 is 0 Å². The Hall–Kier alpha value is -2.76. The Balaban J connectivity index is 1.82. The number of anilines is 1. The highest BCUT2D eigenvalue weighted by atomic mass is 19.1. The monoisotopic (exact) mass is 275 g/mol. The maximum Gasteiger partial charge on any atom is 0.258 e. The molecule has 6 heteroatoms. The third kappa shape index (κ3) is 2.23. The molecule has 1 aliphatic rings. The molecule has 0 aromatic heterocycles. The molecule has 5 nitrogen and oxygen atoms in total. The molecule has 0 aliphatic carbocycles. The van der Waals surface area contributed by atoms with Gasteiger partial charge in [0, 0.05) is 17.8 Å². The molecule has 1 heterocycles. The number of aromatic hydroxyl groups is 1. The number of hydrogen-bond acceptors (Lipinski definition) is 4.